The van der Waals surface area contributed by atoms with Gasteiger partial charge in [0.1, 0.15) is 0 Å². The Hall–Kier alpha value is -1.14. The molecule has 0 N–H and O–H groups in total. The zero-order chi connectivity index (χ0) is 32.5. The molecule has 0 saturated carbocycles. The number of carbonyl (C=O) groups excluding carboxylic acids is 2. The van der Waals surface area contributed by atoms with Gasteiger partial charge in [0, 0.05) is 11.9 Å². The van der Waals surface area contributed by atoms with Crippen LogP contribution in [0.4, 0.5) is 0 Å². The van der Waals surface area contributed by atoms with E-state index in [0.717, 1.165) is 0 Å². The molecule has 0 rings (SSSR count). The zero-order valence-corrected chi connectivity index (χ0v) is 29.9. The number of unbranched alkanes of at least 4 members (excludes halogenated alkanes) is 8. The van der Waals surface area contributed by atoms with Crippen LogP contribution in [0.3, 0.4) is 0 Å². The van der Waals surface area contributed by atoms with Crippen molar-refractivity contribution in [2.45, 2.75) is 171 Å². The summed E-state index contributed by atoms with van der Waals surface area (Å²) in [4.78, 5) is 19.0. The van der Waals surface area contributed by atoms with Crippen molar-refractivity contribution < 1.29 is 28.8 Å². The minimum atomic E-state index is -1.37. The van der Waals surface area contributed by atoms with Gasteiger partial charge in [0.05, 0.1) is 52.4 Å². The van der Waals surface area contributed by atoms with Crippen molar-refractivity contribution >= 4 is 11.9 Å². The Bertz CT molecular complexity index is 458. The summed E-state index contributed by atoms with van der Waals surface area (Å²) in [6.45, 7) is 30.0. The molecule has 0 bridgehead atoms. The molecule has 6 nitrogen and oxygen atoms in total. The Morgan fingerprint density at radius 2 is 0.500 bits per heavy atom. The van der Waals surface area contributed by atoms with Gasteiger partial charge in [-0.3, -0.25) is 0 Å². The fourth-order valence-electron chi connectivity index (χ4n) is 5.49. The fraction of sp³-hybridized carbons (Fsp3) is 0.944. The molecular formula is C36H76N2O4. The van der Waals surface area contributed by atoms with Crippen LogP contribution in [-0.2, 0) is 9.59 Å². The Morgan fingerprint density at radius 3 is 0.595 bits per heavy atom. The number of aliphatic carboxylic acids is 2. The van der Waals surface area contributed by atoms with Crippen molar-refractivity contribution in [1.82, 2.24) is 0 Å². The molecule has 0 amide bonds. The summed E-state index contributed by atoms with van der Waals surface area (Å²) in [5.74, 6) is -2.73. The van der Waals surface area contributed by atoms with Crippen LogP contribution >= 0.6 is 0 Å². The van der Waals surface area contributed by atoms with Crippen LogP contribution in [0, 0.1) is 0 Å². The minimum Gasteiger partial charge on any atom is -0.550 e. The third kappa shape index (κ3) is 29.0. The minimum absolute atomic E-state index is 0.470. The van der Waals surface area contributed by atoms with Gasteiger partial charge < -0.3 is 28.8 Å². The van der Waals surface area contributed by atoms with Gasteiger partial charge in [-0.1, -0.05) is 107 Å². The van der Waals surface area contributed by atoms with Crippen LogP contribution in [-0.4, -0.2) is 73.3 Å². The average Bonchev–Trinajstić information content (AvgIpc) is 2.99. The van der Waals surface area contributed by atoms with Crippen molar-refractivity contribution in [3.8, 4) is 0 Å². The van der Waals surface area contributed by atoms with Crippen LogP contribution in [0.2, 0.25) is 0 Å². The highest BCUT2D eigenvalue weighted by Gasteiger charge is 2.25. The van der Waals surface area contributed by atoms with E-state index in [-0.39, 0.29) is 0 Å². The van der Waals surface area contributed by atoms with Gasteiger partial charge in [-0.15, -0.1) is 0 Å². The number of quaternary nitrogens is 2. The van der Waals surface area contributed by atoms with E-state index >= 15 is 0 Å². The monoisotopic (exact) mass is 601 g/mol. The molecular weight excluding hydrogens is 524 g/mol. The average molecular weight is 601 g/mol. The van der Waals surface area contributed by atoms with E-state index in [1.165, 1.54) is 164 Å². The van der Waals surface area contributed by atoms with Gasteiger partial charge >= 0.3 is 0 Å². The molecule has 0 heterocycles. The normalized spacial score (nSPS) is 11.3. The first-order valence-electron chi connectivity index (χ1n) is 18.2. The summed E-state index contributed by atoms with van der Waals surface area (Å²) < 4.78 is 2.84. The summed E-state index contributed by atoms with van der Waals surface area (Å²) in [6.07, 6.45) is 21.2. The third-order valence-corrected chi connectivity index (χ3v) is 8.42. The fourth-order valence-corrected chi connectivity index (χ4v) is 5.49. The molecule has 0 saturated heterocycles. The molecule has 0 fully saturated rings. The first kappa shape index (κ1) is 45.3. The maximum absolute atomic E-state index is 9.50. The number of hydrogen-bond donors (Lipinski definition) is 0. The van der Waals surface area contributed by atoms with Crippen LogP contribution in [0.1, 0.15) is 171 Å². The number of nitrogens with zero attached hydrogens (tertiary/aromatic N) is 2. The number of carbonyl (C=O) groups is 2. The summed E-state index contributed by atoms with van der Waals surface area (Å²) >= 11 is 0. The topological polar surface area (TPSA) is 80.3 Å². The third-order valence-electron chi connectivity index (χ3n) is 8.42. The van der Waals surface area contributed by atoms with Crippen molar-refractivity contribution in [3.63, 3.8) is 0 Å². The van der Waals surface area contributed by atoms with Crippen LogP contribution < -0.4 is 10.2 Å². The van der Waals surface area contributed by atoms with E-state index in [0.29, 0.717) is 0 Å². The van der Waals surface area contributed by atoms with E-state index in [2.05, 4.69) is 55.4 Å². The van der Waals surface area contributed by atoms with E-state index < -0.39 is 24.8 Å². The Morgan fingerprint density at radius 1 is 0.357 bits per heavy atom. The van der Waals surface area contributed by atoms with Gasteiger partial charge in [0.25, 0.3) is 0 Å². The van der Waals surface area contributed by atoms with Crippen LogP contribution in [0.25, 0.3) is 0 Å². The predicted molar refractivity (Wildman–Crippen MR) is 178 cm³/mol. The van der Waals surface area contributed by atoms with E-state index in [9.17, 15) is 19.8 Å². The molecule has 254 valence electrons. The molecule has 0 aliphatic carbocycles. The summed E-state index contributed by atoms with van der Waals surface area (Å²) in [5.41, 5.74) is 0. The zero-order valence-electron chi connectivity index (χ0n) is 29.9. The molecule has 0 aromatic carbocycles. The molecule has 42 heavy (non-hydrogen) atoms. The number of carboxylic acids is 2. The van der Waals surface area contributed by atoms with Gasteiger partial charge in [0.15, 0.2) is 0 Å². The lowest BCUT2D eigenvalue weighted by molar-refractivity contribution is -0.929. The second kappa shape index (κ2) is 32.8. The summed E-state index contributed by atoms with van der Waals surface area (Å²) in [6, 6.07) is 0. The summed E-state index contributed by atoms with van der Waals surface area (Å²) in [5, 5.41) is 19.0. The number of carboxylic acid groups (broad SMARTS) is 2. The van der Waals surface area contributed by atoms with E-state index in [1.54, 1.807) is 0 Å². The first-order chi connectivity index (χ1) is 20.1. The van der Waals surface area contributed by atoms with Gasteiger partial charge in [-0.05, 0) is 64.2 Å². The summed E-state index contributed by atoms with van der Waals surface area (Å²) in [7, 11) is 0. The molecule has 0 aliphatic heterocycles. The highest BCUT2D eigenvalue weighted by atomic mass is 16.4. The maximum atomic E-state index is 9.50. The van der Waals surface area contributed by atoms with E-state index in [4.69, 9.17) is 0 Å². The largest absolute Gasteiger partial charge is 0.550 e. The van der Waals surface area contributed by atoms with E-state index in [1.807, 2.05) is 0 Å². The standard InChI is InChI=1S/2C16H36N.C4H6O4/c2*1-5-9-13-17(14-10-6-2,15-11-7-3)16-12-8-4;5-3(6)1-2-4(7)8/h2*5-16H2,1-4H3;1-2H2,(H,5,6)(H,7,8)/q2*+1;/p-2. The SMILES string of the molecule is CCCC[N+](CCCC)(CCCC)CCCC.CCCC[N+](CCCC)(CCCC)CCCC.O=C([O-])CCC(=O)[O-]. The molecule has 0 aliphatic rings. The molecule has 0 atom stereocenters. The molecule has 0 unspecified atom stereocenters. The quantitative estimate of drug-likeness (QED) is 0.0929. The highest BCUT2D eigenvalue weighted by Crippen LogP contribution is 2.17. The molecule has 0 aromatic heterocycles. The van der Waals surface area contributed by atoms with Crippen molar-refractivity contribution in [1.29, 1.82) is 0 Å². The molecule has 0 aromatic rings. The Balaban J connectivity index is -0.000000579. The maximum Gasteiger partial charge on any atom is 0.0786 e. The van der Waals surface area contributed by atoms with Gasteiger partial charge in [-0.25, -0.2) is 0 Å². The highest BCUT2D eigenvalue weighted by molar-refractivity contribution is 5.72. The van der Waals surface area contributed by atoms with Crippen molar-refractivity contribution in [2.24, 2.45) is 0 Å². The molecule has 6 heteroatoms. The second-order valence-electron chi connectivity index (χ2n) is 12.5. The lowest BCUT2D eigenvalue weighted by Crippen LogP contribution is -2.50. The van der Waals surface area contributed by atoms with Crippen LogP contribution in [0.5, 0.6) is 0 Å². The molecule has 0 spiro atoms. The van der Waals surface area contributed by atoms with Gasteiger partial charge in [-0.2, -0.15) is 0 Å². The Labute approximate surface area is 263 Å². The first-order valence-corrected chi connectivity index (χ1v) is 18.2. The Kier molecular flexibility index (Phi) is 35.3. The number of hydrogen-bond acceptors (Lipinski definition) is 4. The second-order valence-corrected chi connectivity index (χ2v) is 12.5. The van der Waals surface area contributed by atoms with Gasteiger partial charge in [0.2, 0.25) is 0 Å². The smallest absolute Gasteiger partial charge is 0.0786 e. The molecule has 0 radical (unpaired) electrons. The number of rotatable bonds is 27. The lowest BCUT2D eigenvalue weighted by atomic mass is 10.1. The lowest BCUT2D eigenvalue weighted by Gasteiger charge is -2.39. The van der Waals surface area contributed by atoms with Crippen molar-refractivity contribution in [2.75, 3.05) is 52.4 Å². The van der Waals surface area contributed by atoms with Crippen LogP contribution in [0.15, 0.2) is 0 Å². The van der Waals surface area contributed by atoms with Crippen molar-refractivity contribution in [3.05, 3.63) is 0 Å². The predicted octanol–water partition coefficient (Wildman–Crippen LogP) is 7.27.